The maximum absolute atomic E-state index is 3.55. The molecule has 1 aliphatic rings. The Morgan fingerprint density at radius 1 is 1.39 bits per heavy atom. The lowest BCUT2D eigenvalue weighted by atomic mass is 9.75. The molecule has 0 spiro atoms. The van der Waals surface area contributed by atoms with Crippen molar-refractivity contribution < 1.29 is 0 Å². The Kier molecular flexibility index (Phi) is 4.79. The van der Waals surface area contributed by atoms with Crippen molar-refractivity contribution in [2.24, 2.45) is 5.41 Å². The quantitative estimate of drug-likeness (QED) is 0.862. The average Bonchev–Trinajstić information content (AvgIpc) is 2.28. The van der Waals surface area contributed by atoms with Gasteiger partial charge in [0.1, 0.15) is 0 Å². The molecule has 0 saturated heterocycles. The van der Waals surface area contributed by atoms with Crippen molar-refractivity contribution in [2.75, 3.05) is 7.05 Å². The first-order valence-corrected chi connectivity index (χ1v) is 8.27. The Balaban J connectivity index is 2.09. The zero-order valence-corrected chi connectivity index (χ0v) is 13.8. The number of halogens is 1. The van der Waals surface area contributed by atoms with E-state index in [1.807, 2.05) is 11.8 Å². The van der Waals surface area contributed by atoms with Crippen LogP contribution in [0.5, 0.6) is 0 Å². The zero-order chi connectivity index (χ0) is 13.2. The van der Waals surface area contributed by atoms with Crippen molar-refractivity contribution in [3.63, 3.8) is 0 Å². The number of hydrogen-bond acceptors (Lipinski definition) is 2. The summed E-state index contributed by atoms with van der Waals surface area (Å²) in [6.45, 7) is 4.79. The monoisotopic (exact) mass is 327 g/mol. The van der Waals surface area contributed by atoms with E-state index in [9.17, 15) is 0 Å². The van der Waals surface area contributed by atoms with Gasteiger partial charge in [0.2, 0.25) is 0 Å². The van der Waals surface area contributed by atoms with E-state index in [1.54, 1.807) is 0 Å². The molecule has 0 aromatic heterocycles. The summed E-state index contributed by atoms with van der Waals surface area (Å²) >= 11 is 5.57. The van der Waals surface area contributed by atoms with Crippen LogP contribution in [0.2, 0.25) is 0 Å². The molecule has 3 heteroatoms. The molecule has 0 bridgehead atoms. The number of hydrogen-bond donors (Lipinski definition) is 1. The molecule has 2 atom stereocenters. The van der Waals surface area contributed by atoms with Gasteiger partial charge < -0.3 is 5.32 Å². The van der Waals surface area contributed by atoms with E-state index < -0.39 is 0 Å². The van der Waals surface area contributed by atoms with Crippen molar-refractivity contribution in [1.29, 1.82) is 0 Å². The second kappa shape index (κ2) is 5.98. The molecule has 1 fully saturated rings. The first-order chi connectivity index (χ1) is 8.50. The summed E-state index contributed by atoms with van der Waals surface area (Å²) in [5.74, 6) is 0. The molecule has 1 saturated carbocycles. The fourth-order valence-electron chi connectivity index (χ4n) is 2.69. The SMILES string of the molecule is CNC1CCC(C)(C)CC1Sc1cccc(Br)c1. The van der Waals surface area contributed by atoms with Crippen LogP contribution in [0.3, 0.4) is 0 Å². The van der Waals surface area contributed by atoms with Crippen molar-refractivity contribution in [1.82, 2.24) is 5.32 Å². The van der Waals surface area contributed by atoms with Gasteiger partial charge in [0.25, 0.3) is 0 Å². The van der Waals surface area contributed by atoms with E-state index in [0.717, 1.165) is 0 Å². The molecule has 2 unspecified atom stereocenters. The molecule has 1 N–H and O–H groups in total. The van der Waals surface area contributed by atoms with Crippen LogP contribution >= 0.6 is 27.7 Å². The topological polar surface area (TPSA) is 12.0 Å². The van der Waals surface area contributed by atoms with E-state index in [4.69, 9.17) is 0 Å². The van der Waals surface area contributed by atoms with Gasteiger partial charge in [-0.15, -0.1) is 11.8 Å². The summed E-state index contributed by atoms with van der Waals surface area (Å²) in [7, 11) is 2.09. The molecule has 1 nitrogen and oxygen atoms in total. The van der Waals surface area contributed by atoms with Crippen molar-refractivity contribution in [3.05, 3.63) is 28.7 Å². The lowest BCUT2D eigenvalue weighted by Gasteiger charge is -2.40. The highest BCUT2D eigenvalue weighted by atomic mass is 79.9. The summed E-state index contributed by atoms with van der Waals surface area (Å²) in [5.41, 5.74) is 0.483. The summed E-state index contributed by atoms with van der Waals surface area (Å²) in [6.07, 6.45) is 3.90. The van der Waals surface area contributed by atoms with E-state index in [-0.39, 0.29) is 0 Å². The summed E-state index contributed by atoms with van der Waals surface area (Å²) in [4.78, 5) is 1.37. The largest absolute Gasteiger partial charge is 0.316 e. The normalized spacial score (nSPS) is 27.1. The van der Waals surface area contributed by atoms with Crippen LogP contribution in [0.25, 0.3) is 0 Å². The van der Waals surface area contributed by atoms with Crippen LogP contribution in [0.15, 0.2) is 33.6 Å². The van der Waals surface area contributed by atoms with Gasteiger partial charge in [-0.25, -0.2) is 0 Å². The van der Waals surface area contributed by atoms with Crippen LogP contribution < -0.4 is 5.32 Å². The highest BCUT2D eigenvalue weighted by Crippen LogP contribution is 2.42. The second-order valence-corrected chi connectivity index (χ2v) is 8.14. The van der Waals surface area contributed by atoms with Crippen LogP contribution in [0, 0.1) is 5.41 Å². The average molecular weight is 328 g/mol. The van der Waals surface area contributed by atoms with Gasteiger partial charge in [0.15, 0.2) is 0 Å². The van der Waals surface area contributed by atoms with Gasteiger partial charge in [-0.3, -0.25) is 0 Å². The molecule has 0 radical (unpaired) electrons. The zero-order valence-electron chi connectivity index (χ0n) is 11.4. The third-order valence-corrected chi connectivity index (χ3v) is 5.61. The van der Waals surface area contributed by atoms with E-state index in [2.05, 4.69) is 66.4 Å². The van der Waals surface area contributed by atoms with E-state index >= 15 is 0 Å². The Bertz CT molecular complexity index is 405. The van der Waals surface area contributed by atoms with Crippen LogP contribution in [0.4, 0.5) is 0 Å². The Morgan fingerprint density at radius 3 is 2.83 bits per heavy atom. The predicted octanol–water partition coefficient (Wildman–Crippen LogP) is 4.71. The van der Waals surface area contributed by atoms with Crippen molar-refractivity contribution in [2.45, 2.75) is 49.3 Å². The molecule has 1 aromatic rings. The smallest absolute Gasteiger partial charge is 0.0253 e. The highest BCUT2D eigenvalue weighted by Gasteiger charge is 2.34. The third kappa shape index (κ3) is 3.75. The maximum atomic E-state index is 3.55. The molecule has 18 heavy (non-hydrogen) atoms. The standard InChI is InChI=1S/C15H22BrNS/c1-15(2)8-7-13(17-3)14(10-15)18-12-6-4-5-11(16)9-12/h4-6,9,13-14,17H,7-8,10H2,1-3H3. The highest BCUT2D eigenvalue weighted by molar-refractivity contribution is 9.10. The fourth-order valence-corrected chi connectivity index (χ4v) is 4.91. The number of thioether (sulfide) groups is 1. The molecular formula is C15H22BrNS. The van der Waals surface area contributed by atoms with E-state index in [1.165, 1.54) is 28.6 Å². The summed E-state index contributed by atoms with van der Waals surface area (Å²) < 4.78 is 1.17. The number of rotatable bonds is 3. The van der Waals surface area contributed by atoms with Gasteiger partial charge in [-0.2, -0.15) is 0 Å². The molecule has 100 valence electrons. The van der Waals surface area contributed by atoms with Crippen molar-refractivity contribution in [3.8, 4) is 0 Å². The van der Waals surface area contributed by atoms with Crippen LogP contribution in [0.1, 0.15) is 33.1 Å². The van der Waals surface area contributed by atoms with E-state index in [0.29, 0.717) is 16.7 Å². The van der Waals surface area contributed by atoms with Gasteiger partial charge in [0, 0.05) is 20.7 Å². The predicted molar refractivity (Wildman–Crippen MR) is 84.3 cm³/mol. The molecule has 0 amide bonds. The fraction of sp³-hybridized carbons (Fsp3) is 0.600. The minimum absolute atomic E-state index is 0.483. The first-order valence-electron chi connectivity index (χ1n) is 6.60. The molecule has 0 aliphatic heterocycles. The summed E-state index contributed by atoms with van der Waals surface area (Å²) in [6, 6.07) is 9.28. The number of nitrogens with one attached hydrogen (secondary N) is 1. The Hall–Kier alpha value is 0.01000. The van der Waals surface area contributed by atoms with Crippen molar-refractivity contribution >= 4 is 27.7 Å². The molecule has 0 heterocycles. The van der Waals surface area contributed by atoms with Crippen LogP contribution in [-0.4, -0.2) is 18.3 Å². The van der Waals surface area contributed by atoms with Gasteiger partial charge in [-0.1, -0.05) is 35.8 Å². The Labute approximate surface area is 123 Å². The van der Waals surface area contributed by atoms with Gasteiger partial charge in [0.05, 0.1) is 0 Å². The lowest BCUT2D eigenvalue weighted by Crippen LogP contribution is -2.43. The molecular weight excluding hydrogens is 306 g/mol. The summed E-state index contributed by atoms with van der Waals surface area (Å²) in [5, 5.41) is 4.17. The maximum Gasteiger partial charge on any atom is 0.0253 e. The lowest BCUT2D eigenvalue weighted by molar-refractivity contribution is 0.218. The van der Waals surface area contributed by atoms with Gasteiger partial charge >= 0.3 is 0 Å². The minimum atomic E-state index is 0.483. The molecule has 2 rings (SSSR count). The minimum Gasteiger partial charge on any atom is -0.316 e. The molecule has 1 aromatic carbocycles. The Morgan fingerprint density at radius 2 is 2.17 bits per heavy atom. The molecule has 1 aliphatic carbocycles. The number of benzene rings is 1. The second-order valence-electron chi connectivity index (χ2n) is 5.92. The first kappa shape index (κ1) is 14.4. The van der Waals surface area contributed by atoms with Gasteiger partial charge in [-0.05, 0) is 49.9 Å². The third-order valence-electron chi connectivity index (χ3n) is 3.79. The van der Waals surface area contributed by atoms with Crippen LogP contribution in [-0.2, 0) is 0 Å².